The highest BCUT2D eigenvalue weighted by Gasteiger charge is 2.57. The Bertz CT molecular complexity index is 781. The first-order chi connectivity index (χ1) is 13.1. The first-order valence-electron chi connectivity index (χ1n) is 10.1. The van der Waals surface area contributed by atoms with Crippen molar-refractivity contribution in [1.82, 2.24) is 10.2 Å². The van der Waals surface area contributed by atoms with Gasteiger partial charge in [0.2, 0.25) is 5.91 Å². The molecule has 1 aromatic carbocycles. The van der Waals surface area contributed by atoms with E-state index in [1.807, 2.05) is 23.1 Å². The fourth-order valence-electron chi connectivity index (χ4n) is 5.65. The summed E-state index contributed by atoms with van der Waals surface area (Å²) < 4.78 is 6.36. The van der Waals surface area contributed by atoms with Crippen LogP contribution in [-0.4, -0.2) is 46.7 Å². The van der Waals surface area contributed by atoms with Gasteiger partial charge in [-0.25, -0.2) is 0 Å². The van der Waals surface area contributed by atoms with Gasteiger partial charge < -0.3 is 20.1 Å². The van der Waals surface area contributed by atoms with Crippen LogP contribution in [0.15, 0.2) is 24.3 Å². The van der Waals surface area contributed by atoms with Crippen LogP contribution in [0.3, 0.4) is 0 Å². The van der Waals surface area contributed by atoms with Crippen LogP contribution in [-0.2, 0) is 4.79 Å². The molecule has 5 aliphatic rings. The SMILES string of the molecule is O=C1N[C@]2(C[C@@H]3CC[C@@H]2C[C@@H]3C(=O)N2CCC[C@H](O)C2)Oc2ccccc21. The van der Waals surface area contributed by atoms with Crippen molar-refractivity contribution in [3.8, 4) is 5.75 Å². The van der Waals surface area contributed by atoms with Gasteiger partial charge in [0.05, 0.1) is 11.7 Å². The summed E-state index contributed by atoms with van der Waals surface area (Å²) in [5.74, 6) is 1.09. The monoisotopic (exact) mass is 370 g/mol. The van der Waals surface area contributed by atoms with Crippen LogP contribution in [0.4, 0.5) is 0 Å². The fourth-order valence-corrected chi connectivity index (χ4v) is 5.65. The van der Waals surface area contributed by atoms with Crippen LogP contribution >= 0.6 is 0 Å². The van der Waals surface area contributed by atoms with Crippen molar-refractivity contribution in [2.24, 2.45) is 17.8 Å². The molecule has 0 radical (unpaired) electrons. The summed E-state index contributed by atoms with van der Waals surface area (Å²) in [5, 5.41) is 13.1. The highest BCUT2D eigenvalue weighted by Crippen LogP contribution is 2.52. The third-order valence-electron chi connectivity index (χ3n) is 6.99. The summed E-state index contributed by atoms with van der Waals surface area (Å²) in [6.45, 7) is 1.20. The standard InChI is InChI=1S/C21H26N2O4/c24-15-4-3-9-23(12-15)20(26)17-10-14-8-7-13(17)11-21(14)22-19(25)16-5-1-2-6-18(16)27-21/h1-2,5-6,13-15,17,24H,3-4,7-12H2,(H,22,25)/t13-,14+,15-,17-,21+/m0/s1. The number of aliphatic hydroxyl groups excluding tert-OH is 1. The van der Waals surface area contributed by atoms with Gasteiger partial charge in [-0.2, -0.15) is 0 Å². The predicted molar refractivity (Wildman–Crippen MR) is 98.0 cm³/mol. The number of hydrogen-bond acceptors (Lipinski definition) is 4. The molecule has 2 aliphatic heterocycles. The number of fused-ring (bicyclic) bond motifs is 3. The van der Waals surface area contributed by atoms with Crippen LogP contribution in [0, 0.1) is 17.8 Å². The van der Waals surface area contributed by atoms with E-state index in [0.29, 0.717) is 24.3 Å². The van der Waals surface area contributed by atoms with Crippen LogP contribution in [0.5, 0.6) is 5.75 Å². The van der Waals surface area contributed by atoms with E-state index >= 15 is 0 Å². The number of β-amino-alcohol motifs (C(OH)–C–C–N with tert-alkyl or cyclic N) is 1. The smallest absolute Gasteiger partial charge is 0.258 e. The number of carbonyl (C=O) groups excluding carboxylic acids is 2. The molecule has 0 aromatic heterocycles. The number of ether oxygens (including phenoxy) is 1. The predicted octanol–water partition coefficient (Wildman–Crippen LogP) is 1.92. The lowest BCUT2D eigenvalue weighted by atomic mass is 9.59. The Kier molecular flexibility index (Phi) is 3.93. The zero-order valence-corrected chi connectivity index (χ0v) is 15.4. The van der Waals surface area contributed by atoms with Gasteiger partial charge in [0.25, 0.3) is 5.91 Å². The molecule has 3 saturated carbocycles. The Morgan fingerprint density at radius 1 is 1.26 bits per heavy atom. The molecule has 1 aromatic rings. The topological polar surface area (TPSA) is 78.9 Å². The Morgan fingerprint density at radius 2 is 2.11 bits per heavy atom. The van der Waals surface area contributed by atoms with E-state index in [1.54, 1.807) is 6.07 Å². The number of benzene rings is 1. The number of aliphatic hydroxyl groups is 1. The third kappa shape index (κ3) is 2.73. The second-order valence-corrected chi connectivity index (χ2v) is 8.60. The molecule has 144 valence electrons. The van der Waals surface area contributed by atoms with Crippen LogP contribution in [0.1, 0.15) is 48.9 Å². The Morgan fingerprint density at radius 3 is 2.89 bits per heavy atom. The molecule has 2 heterocycles. The molecule has 6 rings (SSSR count). The first kappa shape index (κ1) is 17.0. The lowest BCUT2D eigenvalue weighted by Crippen LogP contribution is -2.67. The zero-order chi connectivity index (χ0) is 18.6. The summed E-state index contributed by atoms with van der Waals surface area (Å²) in [4.78, 5) is 27.6. The van der Waals surface area contributed by atoms with Crippen LogP contribution in [0.25, 0.3) is 0 Å². The van der Waals surface area contributed by atoms with E-state index in [4.69, 9.17) is 4.74 Å². The quantitative estimate of drug-likeness (QED) is 0.792. The highest BCUT2D eigenvalue weighted by atomic mass is 16.5. The maximum absolute atomic E-state index is 13.1. The fraction of sp³-hybridized carbons (Fsp3) is 0.619. The van der Waals surface area contributed by atoms with Gasteiger partial charge in [-0.1, -0.05) is 12.1 Å². The second kappa shape index (κ2) is 6.23. The number of amides is 2. The molecule has 1 saturated heterocycles. The van der Waals surface area contributed by atoms with Crippen LogP contribution < -0.4 is 10.1 Å². The average molecular weight is 370 g/mol. The van der Waals surface area contributed by atoms with Gasteiger partial charge in [-0.05, 0) is 50.2 Å². The van der Waals surface area contributed by atoms with Crippen molar-refractivity contribution < 1.29 is 19.4 Å². The van der Waals surface area contributed by atoms with Crippen molar-refractivity contribution >= 4 is 11.8 Å². The van der Waals surface area contributed by atoms with Crippen molar-refractivity contribution in [3.05, 3.63) is 29.8 Å². The van der Waals surface area contributed by atoms with E-state index in [0.717, 1.165) is 38.6 Å². The van der Waals surface area contributed by atoms with E-state index in [2.05, 4.69) is 5.32 Å². The molecule has 1 spiro atoms. The van der Waals surface area contributed by atoms with E-state index in [1.165, 1.54) is 0 Å². The molecular formula is C21H26N2O4. The van der Waals surface area contributed by atoms with Gasteiger partial charge in [0.1, 0.15) is 5.75 Å². The Labute approximate surface area is 158 Å². The number of carbonyl (C=O) groups is 2. The number of rotatable bonds is 1. The van der Waals surface area contributed by atoms with Gasteiger partial charge in [0, 0.05) is 31.3 Å². The minimum absolute atomic E-state index is 0.0163. The third-order valence-corrected chi connectivity index (χ3v) is 6.99. The van der Waals surface area contributed by atoms with Gasteiger partial charge in [-0.15, -0.1) is 0 Å². The van der Waals surface area contributed by atoms with Gasteiger partial charge >= 0.3 is 0 Å². The molecule has 2 N–H and O–H groups in total. The number of nitrogens with one attached hydrogen (secondary N) is 1. The summed E-state index contributed by atoms with van der Waals surface area (Å²) in [7, 11) is 0. The summed E-state index contributed by atoms with van der Waals surface area (Å²) in [5.41, 5.74) is -0.0912. The number of likely N-dealkylation sites (tertiary alicyclic amines) is 1. The Hall–Kier alpha value is -2.08. The first-order valence-corrected chi connectivity index (χ1v) is 10.1. The molecule has 6 nitrogen and oxygen atoms in total. The number of nitrogens with zero attached hydrogens (tertiary/aromatic N) is 1. The zero-order valence-electron chi connectivity index (χ0n) is 15.4. The maximum Gasteiger partial charge on any atom is 0.258 e. The lowest BCUT2D eigenvalue weighted by Gasteiger charge is -2.55. The number of piperidine rings is 1. The molecule has 3 aliphatic carbocycles. The largest absolute Gasteiger partial charge is 0.467 e. The van der Waals surface area contributed by atoms with Crippen molar-refractivity contribution in [1.29, 1.82) is 0 Å². The van der Waals surface area contributed by atoms with E-state index in [9.17, 15) is 14.7 Å². The van der Waals surface area contributed by atoms with Gasteiger partial charge in [-0.3, -0.25) is 9.59 Å². The average Bonchev–Trinajstić information content (AvgIpc) is 2.68. The maximum atomic E-state index is 13.1. The molecule has 4 fully saturated rings. The molecule has 0 unspecified atom stereocenters. The molecule has 2 amide bonds. The molecule has 2 bridgehead atoms. The van der Waals surface area contributed by atoms with Crippen LogP contribution in [0.2, 0.25) is 0 Å². The summed E-state index contributed by atoms with van der Waals surface area (Å²) in [6, 6.07) is 7.37. The molecule has 5 atom stereocenters. The lowest BCUT2D eigenvalue weighted by molar-refractivity contribution is -0.157. The number of para-hydroxylation sites is 1. The number of hydrogen-bond donors (Lipinski definition) is 2. The molecule has 27 heavy (non-hydrogen) atoms. The normalized spacial score (nSPS) is 37.5. The van der Waals surface area contributed by atoms with E-state index < -0.39 is 11.8 Å². The minimum atomic E-state index is -0.674. The van der Waals surface area contributed by atoms with Gasteiger partial charge in [0.15, 0.2) is 5.72 Å². The summed E-state index contributed by atoms with van der Waals surface area (Å²) in [6.07, 6.45) is 4.66. The molecule has 6 heteroatoms. The molecular weight excluding hydrogens is 344 g/mol. The van der Waals surface area contributed by atoms with E-state index in [-0.39, 0.29) is 29.6 Å². The van der Waals surface area contributed by atoms with Crippen molar-refractivity contribution in [2.45, 2.75) is 50.4 Å². The second-order valence-electron chi connectivity index (χ2n) is 8.60. The van der Waals surface area contributed by atoms with Crippen molar-refractivity contribution in [3.63, 3.8) is 0 Å². The Balaban J connectivity index is 1.36. The summed E-state index contributed by atoms with van der Waals surface area (Å²) >= 11 is 0. The minimum Gasteiger partial charge on any atom is -0.467 e. The highest BCUT2D eigenvalue weighted by molar-refractivity contribution is 5.98. The van der Waals surface area contributed by atoms with Crippen molar-refractivity contribution in [2.75, 3.05) is 13.1 Å².